The Morgan fingerprint density at radius 3 is 2.67 bits per heavy atom. The number of aromatic nitrogens is 1. The van der Waals surface area contributed by atoms with Crippen molar-refractivity contribution in [3.8, 4) is 0 Å². The van der Waals surface area contributed by atoms with Gasteiger partial charge in [0.05, 0.1) is 6.61 Å². The molecule has 2 heterocycles. The maximum atomic E-state index is 9.12. The standard InChI is InChI=1S/C20H27N3O/c1-22(12-19-3-2-9-21-11-19)13-20-8-10-23(15-20)14-17-4-6-18(16-24)7-5-17/h2-7,9,11,20,24H,8,10,12-16H2,1H3. The van der Waals surface area contributed by atoms with Crippen molar-refractivity contribution in [1.29, 1.82) is 0 Å². The molecule has 2 aromatic rings. The largest absolute Gasteiger partial charge is 0.392 e. The third-order valence-electron chi connectivity index (χ3n) is 4.73. The molecule has 1 N–H and O–H groups in total. The van der Waals surface area contributed by atoms with Crippen LogP contribution in [0.1, 0.15) is 23.1 Å². The fourth-order valence-electron chi connectivity index (χ4n) is 3.52. The number of likely N-dealkylation sites (tertiary alicyclic amines) is 1. The summed E-state index contributed by atoms with van der Waals surface area (Å²) in [5.41, 5.74) is 3.59. The minimum atomic E-state index is 0.120. The Bertz CT molecular complexity index is 615. The van der Waals surface area contributed by atoms with Gasteiger partial charge in [-0.2, -0.15) is 0 Å². The zero-order valence-corrected chi connectivity index (χ0v) is 14.4. The molecule has 1 aliphatic heterocycles. The fourth-order valence-corrected chi connectivity index (χ4v) is 3.52. The quantitative estimate of drug-likeness (QED) is 0.849. The summed E-state index contributed by atoms with van der Waals surface area (Å²) in [4.78, 5) is 9.13. The number of aliphatic hydroxyl groups is 1. The van der Waals surface area contributed by atoms with Gasteiger partial charge in [0, 0.05) is 38.6 Å². The second-order valence-corrected chi connectivity index (χ2v) is 6.92. The predicted molar refractivity (Wildman–Crippen MR) is 96.3 cm³/mol. The normalized spacial score (nSPS) is 18.4. The SMILES string of the molecule is CN(Cc1cccnc1)CC1CCN(Cc2ccc(CO)cc2)C1. The van der Waals surface area contributed by atoms with Gasteiger partial charge in [-0.3, -0.25) is 9.88 Å². The van der Waals surface area contributed by atoms with E-state index in [0.29, 0.717) is 0 Å². The lowest BCUT2D eigenvalue weighted by Gasteiger charge is -2.21. The summed E-state index contributed by atoms with van der Waals surface area (Å²) >= 11 is 0. The lowest BCUT2D eigenvalue weighted by atomic mass is 10.1. The van der Waals surface area contributed by atoms with Crippen molar-refractivity contribution in [2.45, 2.75) is 26.1 Å². The average molecular weight is 325 g/mol. The van der Waals surface area contributed by atoms with E-state index in [4.69, 9.17) is 5.11 Å². The number of benzene rings is 1. The number of pyridine rings is 1. The molecule has 128 valence electrons. The van der Waals surface area contributed by atoms with Crippen molar-refractivity contribution in [1.82, 2.24) is 14.8 Å². The van der Waals surface area contributed by atoms with Gasteiger partial charge >= 0.3 is 0 Å². The zero-order valence-electron chi connectivity index (χ0n) is 14.4. The van der Waals surface area contributed by atoms with E-state index >= 15 is 0 Å². The molecule has 0 saturated carbocycles. The highest BCUT2D eigenvalue weighted by Gasteiger charge is 2.23. The van der Waals surface area contributed by atoms with E-state index in [1.165, 1.54) is 30.6 Å². The second kappa shape index (κ2) is 8.38. The molecule has 0 radical (unpaired) electrons. The van der Waals surface area contributed by atoms with Crippen LogP contribution in [-0.4, -0.2) is 46.6 Å². The lowest BCUT2D eigenvalue weighted by molar-refractivity contribution is 0.254. The molecule has 0 aliphatic carbocycles. The van der Waals surface area contributed by atoms with E-state index in [-0.39, 0.29) is 6.61 Å². The smallest absolute Gasteiger partial charge is 0.0681 e. The summed E-state index contributed by atoms with van der Waals surface area (Å²) in [6.07, 6.45) is 5.05. The third kappa shape index (κ3) is 4.87. The Morgan fingerprint density at radius 2 is 1.96 bits per heavy atom. The van der Waals surface area contributed by atoms with Crippen LogP contribution in [0.3, 0.4) is 0 Å². The average Bonchev–Trinajstić information content (AvgIpc) is 3.03. The molecule has 3 rings (SSSR count). The van der Waals surface area contributed by atoms with E-state index in [2.05, 4.69) is 40.0 Å². The van der Waals surface area contributed by atoms with Crippen molar-refractivity contribution in [3.05, 3.63) is 65.5 Å². The minimum absolute atomic E-state index is 0.120. The van der Waals surface area contributed by atoms with Crippen molar-refractivity contribution in [3.63, 3.8) is 0 Å². The third-order valence-corrected chi connectivity index (χ3v) is 4.73. The first-order chi connectivity index (χ1) is 11.7. The van der Waals surface area contributed by atoms with E-state index in [9.17, 15) is 0 Å². The molecule has 0 amide bonds. The van der Waals surface area contributed by atoms with Crippen LogP contribution in [0.2, 0.25) is 0 Å². The van der Waals surface area contributed by atoms with Crippen LogP contribution in [0, 0.1) is 5.92 Å². The Morgan fingerprint density at radius 1 is 1.17 bits per heavy atom. The summed E-state index contributed by atoms with van der Waals surface area (Å²) in [6.45, 7) is 5.57. The van der Waals surface area contributed by atoms with Crippen LogP contribution in [0.15, 0.2) is 48.8 Å². The van der Waals surface area contributed by atoms with Crippen LogP contribution in [0.25, 0.3) is 0 Å². The zero-order chi connectivity index (χ0) is 16.8. The minimum Gasteiger partial charge on any atom is -0.392 e. The van der Waals surface area contributed by atoms with E-state index in [1.54, 1.807) is 0 Å². The highest BCUT2D eigenvalue weighted by atomic mass is 16.3. The summed E-state index contributed by atoms with van der Waals surface area (Å²) in [5.74, 6) is 0.739. The first kappa shape index (κ1) is 17.1. The molecule has 1 atom stereocenters. The monoisotopic (exact) mass is 325 g/mol. The Hall–Kier alpha value is -1.75. The van der Waals surface area contributed by atoms with Gasteiger partial charge in [0.1, 0.15) is 0 Å². The first-order valence-electron chi connectivity index (χ1n) is 8.71. The maximum Gasteiger partial charge on any atom is 0.0681 e. The molecule has 24 heavy (non-hydrogen) atoms. The van der Waals surface area contributed by atoms with Crippen LogP contribution in [-0.2, 0) is 19.7 Å². The van der Waals surface area contributed by atoms with Crippen LogP contribution < -0.4 is 0 Å². The van der Waals surface area contributed by atoms with E-state index in [1.807, 2.05) is 30.6 Å². The van der Waals surface area contributed by atoms with Gasteiger partial charge in [-0.1, -0.05) is 30.3 Å². The van der Waals surface area contributed by atoms with Crippen LogP contribution in [0.4, 0.5) is 0 Å². The van der Waals surface area contributed by atoms with Gasteiger partial charge in [0.25, 0.3) is 0 Å². The molecule has 1 aromatic heterocycles. The number of hydrogen-bond acceptors (Lipinski definition) is 4. The number of rotatable bonds is 7. The molecular weight excluding hydrogens is 298 g/mol. The molecule has 1 unspecified atom stereocenters. The second-order valence-electron chi connectivity index (χ2n) is 6.92. The van der Waals surface area contributed by atoms with E-state index in [0.717, 1.165) is 31.1 Å². The Labute approximate surface area is 144 Å². The maximum absolute atomic E-state index is 9.12. The summed E-state index contributed by atoms with van der Waals surface area (Å²) in [7, 11) is 2.20. The van der Waals surface area contributed by atoms with Gasteiger partial charge in [-0.15, -0.1) is 0 Å². The summed E-state index contributed by atoms with van der Waals surface area (Å²) < 4.78 is 0. The van der Waals surface area contributed by atoms with Gasteiger partial charge in [-0.05, 0) is 48.7 Å². The van der Waals surface area contributed by atoms with Crippen LogP contribution in [0.5, 0.6) is 0 Å². The van der Waals surface area contributed by atoms with Crippen molar-refractivity contribution in [2.24, 2.45) is 5.92 Å². The fraction of sp³-hybridized carbons (Fsp3) is 0.450. The molecule has 1 fully saturated rings. The molecule has 0 bridgehead atoms. The van der Waals surface area contributed by atoms with E-state index < -0.39 is 0 Å². The lowest BCUT2D eigenvalue weighted by Crippen LogP contribution is -2.28. The molecule has 4 heteroatoms. The molecule has 1 aliphatic rings. The highest BCUT2D eigenvalue weighted by molar-refractivity contribution is 5.22. The van der Waals surface area contributed by atoms with Gasteiger partial charge < -0.3 is 10.0 Å². The van der Waals surface area contributed by atoms with Crippen molar-refractivity contribution >= 4 is 0 Å². The van der Waals surface area contributed by atoms with Gasteiger partial charge in [0.2, 0.25) is 0 Å². The summed E-state index contributed by atoms with van der Waals surface area (Å²) in [6, 6.07) is 12.4. The number of aliphatic hydroxyl groups excluding tert-OH is 1. The Kier molecular flexibility index (Phi) is 5.96. The molecule has 1 saturated heterocycles. The molecular formula is C20H27N3O. The van der Waals surface area contributed by atoms with Crippen molar-refractivity contribution in [2.75, 3.05) is 26.7 Å². The summed E-state index contributed by atoms with van der Waals surface area (Å²) in [5, 5.41) is 9.12. The molecule has 4 nitrogen and oxygen atoms in total. The molecule has 0 spiro atoms. The van der Waals surface area contributed by atoms with Crippen LogP contribution >= 0.6 is 0 Å². The topological polar surface area (TPSA) is 39.6 Å². The number of nitrogens with zero attached hydrogens (tertiary/aromatic N) is 3. The highest BCUT2D eigenvalue weighted by Crippen LogP contribution is 2.20. The predicted octanol–water partition coefficient (Wildman–Crippen LogP) is 2.53. The first-order valence-corrected chi connectivity index (χ1v) is 8.71. The van der Waals surface area contributed by atoms with Gasteiger partial charge in [-0.25, -0.2) is 0 Å². The van der Waals surface area contributed by atoms with Crippen molar-refractivity contribution < 1.29 is 5.11 Å². The number of hydrogen-bond donors (Lipinski definition) is 1. The Balaban J connectivity index is 1.44. The molecule has 1 aromatic carbocycles. The van der Waals surface area contributed by atoms with Gasteiger partial charge in [0.15, 0.2) is 0 Å².